The highest BCUT2D eigenvalue weighted by Gasteiger charge is 2.17. The Bertz CT molecular complexity index is 789. The van der Waals surface area contributed by atoms with Crippen molar-refractivity contribution in [2.45, 2.75) is 25.3 Å². The first-order valence-corrected chi connectivity index (χ1v) is 9.02. The molecule has 0 bridgehead atoms. The van der Waals surface area contributed by atoms with Crippen molar-refractivity contribution in [3.63, 3.8) is 0 Å². The van der Waals surface area contributed by atoms with Gasteiger partial charge in [-0.3, -0.25) is 4.68 Å². The SMILES string of the molecule is O=S(=O)(Cc1ccccc1F)NCCn1ncc2c1CCOC2. The quantitative estimate of drug-likeness (QED) is 0.859. The largest absolute Gasteiger partial charge is 0.376 e. The van der Waals surface area contributed by atoms with E-state index in [2.05, 4.69) is 9.82 Å². The van der Waals surface area contributed by atoms with Gasteiger partial charge in [0.25, 0.3) is 0 Å². The van der Waals surface area contributed by atoms with Crippen LogP contribution in [0.15, 0.2) is 30.5 Å². The Kier molecular flexibility index (Phi) is 4.74. The molecule has 23 heavy (non-hydrogen) atoms. The number of aromatic nitrogens is 2. The fourth-order valence-corrected chi connectivity index (χ4v) is 3.73. The summed E-state index contributed by atoms with van der Waals surface area (Å²) in [5, 5.41) is 4.26. The van der Waals surface area contributed by atoms with Crippen molar-refractivity contribution < 1.29 is 17.5 Å². The summed E-state index contributed by atoms with van der Waals surface area (Å²) in [5.74, 6) is -0.885. The molecule has 1 aliphatic heterocycles. The van der Waals surface area contributed by atoms with E-state index in [1.807, 2.05) is 0 Å². The number of halogens is 1. The van der Waals surface area contributed by atoms with Crippen molar-refractivity contribution in [3.8, 4) is 0 Å². The first kappa shape index (κ1) is 16.1. The number of fused-ring (bicyclic) bond motifs is 1. The van der Waals surface area contributed by atoms with Gasteiger partial charge in [0, 0.05) is 29.8 Å². The molecule has 0 unspecified atom stereocenters. The van der Waals surface area contributed by atoms with Crippen LogP contribution in [0.25, 0.3) is 0 Å². The molecule has 0 fully saturated rings. The lowest BCUT2D eigenvalue weighted by atomic mass is 10.2. The first-order valence-electron chi connectivity index (χ1n) is 7.37. The summed E-state index contributed by atoms with van der Waals surface area (Å²) in [7, 11) is -3.59. The zero-order chi connectivity index (χ0) is 16.3. The number of nitrogens with zero attached hydrogens (tertiary/aromatic N) is 2. The molecule has 1 aromatic carbocycles. The highest BCUT2D eigenvalue weighted by molar-refractivity contribution is 7.88. The Morgan fingerprint density at radius 1 is 1.35 bits per heavy atom. The average molecular weight is 339 g/mol. The summed E-state index contributed by atoms with van der Waals surface area (Å²) >= 11 is 0. The van der Waals surface area contributed by atoms with Gasteiger partial charge in [0.15, 0.2) is 0 Å². The second kappa shape index (κ2) is 6.77. The molecule has 3 rings (SSSR count). The molecule has 1 N–H and O–H groups in total. The fraction of sp³-hybridized carbons (Fsp3) is 0.400. The lowest BCUT2D eigenvalue weighted by Crippen LogP contribution is -2.29. The zero-order valence-electron chi connectivity index (χ0n) is 12.5. The number of benzene rings is 1. The Hall–Kier alpha value is -1.77. The van der Waals surface area contributed by atoms with Gasteiger partial charge in [-0.15, -0.1) is 0 Å². The maximum absolute atomic E-state index is 13.5. The number of hydrogen-bond donors (Lipinski definition) is 1. The molecule has 6 nitrogen and oxygen atoms in total. The summed E-state index contributed by atoms with van der Waals surface area (Å²) in [6.07, 6.45) is 2.53. The van der Waals surface area contributed by atoms with Crippen LogP contribution in [0.5, 0.6) is 0 Å². The van der Waals surface area contributed by atoms with Crippen molar-refractivity contribution in [1.82, 2.24) is 14.5 Å². The molecule has 0 aliphatic carbocycles. The smallest absolute Gasteiger partial charge is 0.215 e. The Morgan fingerprint density at radius 2 is 2.17 bits per heavy atom. The zero-order valence-corrected chi connectivity index (χ0v) is 13.4. The molecule has 0 spiro atoms. The summed E-state index contributed by atoms with van der Waals surface area (Å²) in [4.78, 5) is 0. The molecular weight excluding hydrogens is 321 g/mol. The van der Waals surface area contributed by atoms with E-state index >= 15 is 0 Å². The van der Waals surface area contributed by atoms with Crippen molar-refractivity contribution in [1.29, 1.82) is 0 Å². The predicted octanol–water partition coefficient (Wildman–Crippen LogP) is 1.21. The summed E-state index contributed by atoms with van der Waals surface area (Å²) < 4.78 is 47.3. The van der Waals surface area contributed by atoms with E-state index in [0.29, 0.717) is 19.8 Å². The van der Waals surface area contributed by atoms with Crippen LogP contribution in [0.4, 0.5) is 4.39 Å². The molecule has 8 heteroatoms. The van der Waals surface area contributed by atoms with Gasteiger partial charge < -0.3 is 4.74 Å². The van der Waals surface area contributed by atoms with Crippen LogP contribution in [0.2, 0.25) is 0 Å². The van der Waals surface area contributed by atoms with Crippen molar-refractivity contribution in [2.24, 2.45) is 0 Å². The van der Waals surface area contributed by atoms with E-state index in [1.165, 1.54) is 18.2 Å². The molecule has 0 radical (unpaired) electrons. The minimum absolute atomic E-state index is 0.161. The van der Waals surface area contributed by atoms with Crippen LogP contribution in [-0.2, 0) is 40.1 Å². The van der Waals surface area contributed by atoms with Crippen molar-refractivity contribution in [3.05, 3.63) is 53.1 Å². The third-order valence-electron chi connectivity index (χ3n) is 3.72. The standard InChI is InChI=1S/C15H18FN3O3S/c16-14-4-2-1-3-12(14)11-23(20,21)18-6-7-19-15-5-8-22-10-13(15)9-17-19/h1-4,9,18H,5-8,10-11H2. The van der Waals surface area contributed by atoms with E-state index in [0.717, 1.165) is 17.7 Å². The maximum Gasteiger partial charge on any atom is 0.215 e. The second-order valence-corrected chi connectivity index (χ2v) is 7.19. The van der Waals surface area contributed by atoms with Gasteiger partial charge in [-0.1, -0.05) is 18.2 Å². The third kappa shape index (κ3) is 3.95. The molecule has 1 aliphatic rings. The lowest BCUT2D eigenvalue weighted by Gasteiger charge is -2.15. The highest BCUT2D eigenvalue weighted by Crippen LogP contribution is 2.15. The summed E-state index contributed by atoms with van der Waals surface area (Å²) in [6, 6.07) is 5.87. The van der Waals surface area contributed by atoms with Crippen LogP contribution in [0.3, 0.4) is 0 Å². The number of sulfonamides is 1. The predicted molar refractivity (Wildman–Crippen MR) is 82.6 cm³/mol. The van der Waals surface area contributed by atoms with E-state index in [4.69, 9.17) is 4.74 Å². The van der Waals surface area contributed by atoms with Gasteiger partial charge in [-0.05, 0) is 6.07 Å². The average Bonchev–Trinajstić information content (AvgIpc) is 2.93. The highest BCUT2D eigenvalue weighted by atomic mass is 32.2. The maximum atomic E-state index is 13.5. The van der Waals surface area contributed by atoms with Crippen LogP contribution in [-0.4, -0.2) is 31.3 Å². The Morgan fingerprint density at radius 3 is 3.00 bits per heavy atom. The number of hydrogen-bond acceptors (Lipinski definition) is 4. The van der Waals surface area contributed by atoms with Crippen LogP contribution in [0.1, 0.15) is 16.8 Å². The molecular formula is C15H18FN3O3S. The molecule has 0 saturated carbocycles. The molecule has 0 amide bonds. The van der Waals surface area contributed by atoms with E-state index in [1.54, 1.807) is 16.9 Å². The monoisotopic (exact) mass is 339 g/mol. The second-order valence-electron chi connectivity index (χ2n) is 5.39. The molecule has 1 aromatic heterocycles. The minimum atomic E-state index is -3.59. The molecule has 0 atom stereocenters. The lowest BCUT2D eigenvalue weighted by molar-refractivity contribution is 0.109. The van der Waals surface area contributed by atoms with Crippen LogP contribution < -0.4 is 4.72 Å². The van der Waals surface area contributed by atoms with Crippen LogP contribution in [0, 0.1) is 5.82 Å². The molecule has 124 valence electrons. The summed E-state index contributed by atoms with van der Waals surface area (Å²) in [5.41, 5.74) is 2.30. The number of rotatable bonds is 6. The Labute approximate surface area is 134 Å². The van der Waals surface area contributed by atoms with Gasteiger partial charge in [0.05, 0.1) is 31.7 Å². The molecule has 2 aromatic rings. The fourth-order valence-electron chi connectivity index (χ4n) is 2.58. The van der Waals surface area contributed by atoms with Gasteiger partial charge >= 0.3 is 0 Å². The molecule has 2 heterocycles. The Balaban J connectivity index is 1.57. The normalized spacial score (nSPS) is 14.7. The van der Waals surface area contributed by atoms with Gasteiger partial charge in [-0.2, -0.15) is 5.10 Å². The number of nitrogens with one attached hydrogen (secondary N) is 1. The molecule has 0 saturated heterocycles. The van der Waals surface area contributed by atoms with E-state index in [-0.39, 0.29) is 17.9 Å². The third-order valence-corrected chi connectivity index (χ3v) is 5.06. The van der Waals surface area contributed by atoms with Crippen LogP contribution >= 0.6 is 0 Å². The van der Waals surface area contributed by atoms with Crippen molar-refractivity contribution in [2.75, 3.05) is 13.2 Å². The van der Waals surface area contributed by atoms with Crippen molar-refractivity contribution >= 4 is 10.0 Å². The first-order chi connectivity index (χ1) is 11.1. The number of ether oxygens (including phenoxy) is 1. The topological polar surface area (TPSA) is 73.2 Å². The summed E-state index contributed by atoms with van der Waals surface area (Å²) in [6.45, 7) is 1.85. The van der Waals surface area contributed by atoms with Gasteiger partial charge in [-0.25, -0.2) is 17.5 Å². The van der Waals surface area contributed by atoms with Gasteiger partial charge in [0.2, 0.25) is 10.0 Å². The minimum Gasteiger partial charge on any atom is -0.376 e. The van der Waals surface area contributed by atoms with Gasteiger partial charge in [0.1, 0.15) is 5.82 Å². The van der Waals surface area contributed by atoms with E-state index in [9.17, 15) is 12.8 Å². The van der Waals surface area contributed by atoms with E-state index < -0.39 is 15.8 Å².